The topological polar surface area (TPSA) is 25.8 Å². The summed E-state index contributed by atoms with van der Waals surface area (Å²) in [5.41, 5.74) is 11.8. The maximum atomic E-state index is 5.21. The fraction of sp³-hybridized carbons (Fsp3) is 0. The Morgan fingerprint density at radius 1 is 0.364 bits per heavy atom. The Kier molecular flexibility index (Phi) is 4.75. The van der Waals surface area contributed by atoms with Gasteiger partial charge in [0.25, 0.3) is 0 Å². The molecule has 0 saturated heterocycles. The van der Waals surface area contributed by atoms with E-state index in [0.717, 1.165) is 33.1 Å². The summed E-state index contributed by atoms with van der Waals surface area (Å²) in [6.07, 6.45) is 1.85. The predicted octanol–water partition coefficient (Wildman–Crippen LogP) is 11.2. The second-order valence-electron chi connectivity index (χ2n) is 11.7. The van der Waals surface area contributed by atoms with E-state index in [1.165, 1.54) is 65.7 Å². The Labute approximate surface area is 253 Å². The molecule has 0 unspecified atom stereocenters. The summed E-state index contributed by atoms with van der Waals surface area (Å²) in [6, 6.07) is 50.6. The average Bonchev–Trinajstić information content (AvgIpc) is 3.42. The maximum Gasteiger partial charge on any atom is 0.0972 e. The molecule has 0 bridgehead atoms. The van der Waals surface area contributed by atoms with Gasteiger partial charge in [-0.25, -0.2) is 4.98 Å². The predicted molar refractivity (Wildman–Crippen MR) is 185 cm³/mol. The smallest absolute Gasteiger partial charge is 0.0972 e. The van der Waals surface area contributed by atoms with Gasteiger partial charge < -0.3 is 0 Å². The monoisotopic (exact) mass is 556 g/mol. The van der Waals surface area contributed by atoms with Gasteiger partial charge in [0, 0.05) is 22.5 Å². The second kappa shape index (κ2) is 8.82. The molecule has 2 heterocycles. The highest BCUT2D eigenvalue weighted by Gasteiger charge is 2.26. The lowest BCUT2D eigenvalue weighted by atomic mass is 9.87. The van der Waals surface area contributed by atoms with Gasteiger partial charge in [0.2, 0.25) is 0 Å². The Balaban J connectivity index is 1.25. The van der Waals surface area contributed by atoms with E-state index in [9.17, 15) is 0 Å². The van der Waals surface area contributed by atoms with Gasteiger partial charge in [0.15, 0.2) is 0 Å². The van der Waals surface area contributed by atoms with Crippen molar-refractivity contribution >= 4 is 54.1 Å². The molecule has 0 aliphatic heterocycles. The van der Waals surface area contributed by atoms with Crippen LogP contribution in [0.25, 0.3) is 98.8 Å². The van der Waals surface area contributed by atoms with Crippen molar-refractivity contribution in [2.75, 3.05) is 0 Å². The third-order valence-corrected chi connectivity index (χ3v) is 9.43. The minimum atomic E-state index is 0.938. The van der Waals surface area contributed by atoms with Crippen LogP contribution in [0, 0.1) is 0 Å². The molecule has 1 aliphatic rings. The Hall–Kier alpha value is -5.86. The molecule has 0 N–H and O–H groups in total. The number of aromatic nitrogens is 2. The molecule has 7 aromatic carbocycles. The number of rotatable bonds is 2. The molecule has 0 atom stereocenters. The van der Waals surface area contributed by atoms with Crippen molar-refractivity contribution in [2.24, 2.45) is 0 Å². The van der Waals surface area contributed by atoms with E-state index >= 15 is 0 Å². The van der Waals surface area contributed by atoms with Crippen LogP contribution in [-0.4, -0.2) is 9.97 Å². The van der Waals surface area contributed by atoms with Crippen molar-refractivity contribution in [3.05, 3.63) is 146 Å². The number of hydrogen-bond donors (Lipinski definition) is 0. The SMILES string of the molecule is c1ccc2c(c1)-c1cc3ccccc3c3ccc(-c4ccc(-c5ccc6ccc7cccnc7c6n5)c5ccccc45)c-2c13. The van der Waals surface area contributed by atoms with Crippen molar-refractivity contribution in [3.8, 4) is 44.6 Å². The van der Waals surface area contributed by atoms with Crippen molar-refractivity contribution in [2.45, 2.75) is 0 Å². The molecule has 0 radical (unpaired) electrons. The molecule has 10 rings (SSSR count). The summed E-state index contributed by atoms with van der Waals surface area (Å²) in [5.74, 6) is 0. The van der Waals surface area contributed by atoms with E-state index in [1.54, 1.807) is 0 Å². The number of benzene rings is 7. The van der Waals surface area contributed by atoms with Gasteiger partial charge >= 0.3 is 0 Å². The van der Waals surface area contributed by atoms with E-state index in [-0.39, 0.29) is 0 Å². The van der Waals surface area contributed by atoms with Crippen molar-refractivity contribution in [1.82, 2.24) is 9.97 Å². The molecule has 202 valence electrons. The number of hydrogen-bond acceptors (Lipinski definition) is 2. The molecular formula is C42H24N2. The molecule has 44 heavy (non-hydrogen) atoms. The number of fused-ring (bicyclic) bond motifs is 9. The first-order valence-electron chi connectivity index (χ1n) is 15.1. The van der Waals surface area contributed by atoms with Gasteiger partial charge in [0.1, 0.15) is 0 Å². The van der Waals surface area contributed by atoms with Gasteiger partial charge in [-0.15, -0.1) is 0 Å². The van der Waals surface area contributed by atoms with Gasteiger partial charge in [-0.2, -0.15) is 0 Å². The van der Waals surface area contributed by atoms with Crippen molar-refractivity contribution < 1.29 is 0 Å². The molecule has 0 saturated carbocycles. The van der Waals surface area contributed by atoms with Crippen LogP contribution in [0.4, 0.5) is 0 Å². The number of pyridine rings is 2. The molecule has 2 heteroatoms. The lowest BCUT2D eigenvalue weighted by molar-refractivity contribution is 1.37. The van der Waals surface area contributed by atoms with Crippen LogP contribution in [0.2, 0.25) is 0 Å². The average molecular weight is 557 g/mol. The van der Waals surface area contributed by atoms with Crippen molar-refractivity contribution in [1.29, 1.82) is 0 Å². The Morgan fingerprint density at radius 3 is 1.91 bits per heavy atom. The number of nitrogens with zero attached hydrogens (tertiary/aromatic N) is 2. The quantitative estimate of drug-likeness (QED) is 0.198. The van der Waals surface area contributed by atoms with E-state index in [2.05, 4.69) is 138 Å². The van der Waals surface area contributed by atoms with Crippen LogP contribution in [0.3, 0.4) is 0 Å². The van der Waals surface area contributed by atoms with Crippen molar-refractivity contribution in [3.63, 3.8) is 0 Å². The minimum absolute atomic E-state index is 0.938. The van der Waals surface area contributed by atoms with Crippen LogP contribution >= 0.6 is 0 Å². The zero-order valence-corrected chi connectivity index (χ0v) is 23.8. The molecule has 2 nitrogen and oxygen atoms in total. The molecular weight excluding hydrogens is 532 g/mol. The summed E-state index contributed by atoms with van der Waals surface area (Å²) in [4.78, 5) is 9.89. The molecule has 0 amide bonds. The van der Waals surface area contributed by atoms with Crippen LogP contribution in [-0.2, 0) is 0 Å². The maximum absolute atomic E-state index is 5.21. The van der Waals surface area contributed by atoms with Crippen LogP contribution in [0.5, 0.6) is 0 Å². The molecule has 0 spiro atoms. The summed E-state index contributed by atoms with van der Waals surface area (Å²) < 4.78 is 0. The molecule has 9 aromatic rings. The zero-order chi connectivity index (χ0) is 28.8. The van der Waals surface area contributed by atoms with Gasteiger partial charge in [0.05, 0.1) is 16.7 Å². The largest absolute Gasteiger partial charge is 0.254 e. The lowest BCUT2D eigenvalue weighted by Crippen LogP contribution is -1.92. The van der Waals surface area contributed by atoms with Crippen LogP contribution in [0.15, 0.2) is 146 Å². The fourth-order valence-electron chi connectivity index (χ4n) is 7.49. The lowest BCUT2D eigenvalue weighted by Gasteiger charge is -2.16. The first kappa shape index (κ1) is 23.7. The van der Waals surface area contributed by atoms with Gasteiger partial charge in [-0.1, -0.05) is 121 Å². The van der Waals surface area contributed by atoms with E-state index < -0.39 is 0 Å². The first-order valence-corrected chi connectivity index (χ1v) is 15.1. The van der Waals surface area contributed by atoms with E-state index in [4.69, 9.17) is 4.98 Å². The third kappa shape index (κ3) is 3.20. The highest BCUT2D eigenvalue weighted by Crippen LogP contribution is 2.53. The summed E-state index contributed by atoms with van der Waals surface area (Å²) >= 11 is 0. The second-order valence-corrected chi connectivity index (χ2v) is 11.7. The summed E-state index contributed by atoms with van der Waals surface area (Å²) in [5, 5.41) is 9.88. The normalized spacial score (nSPS) is 12.1. The third-order valence-electron chi connectivity index (χ3n) is 9.43. The van der Waals surface area contributed by atoms with Crippen LogP contribution in [0.1, 0.15) is 0 Å². The Bertz CT molecular complexity index is 2670. The minimum Gasteiger partial charge on any atom is -0.254 e. The Morgan fingerprint density at radius 2 is 1.02 bits per heavy atom. The first-order chi connectivity index (χ1) is 21.8. The highest BCUT2D eigenvalue weighted by molar-refractivity contribution is 6.26. The zero-order valence-electron chi connectivity index (χ0n) is 23.8. The van der Waals surface area contributed by atoms with E-state index in [0.29, 0.717) is 0 Å². The van der Waals surface area contributed by atoms with E-state index in [1.807, 2.05) is 12.3 Å². The fourth-order valence-corrected chi connectivity index (χ4v) is 7.49. The summed E-state index contributed by atoms with van der Waals surface area (Å²) in [6.45, 7) is 0. The van der Waals surface area contributed by atoms with Gasteiger partial charge in [-0.05, 0) is 83.9 Å². The highest BCUT2D eigenvalue weighted by atomic mass is 14.8. The summed E-state index contributed by atoms with van der Waals surface area (Å²) in [7, 11) is 0. The molecule has 1 aliphatic carbocycles. The standard InChI is InChI=1S/C42H24N2/c1-2-10-28-27(8-1)24-37-31-13-5-6-14-34(31)39-36(21-20-35(28)40(37)39)32-18-19-33(30-12-4-3-11-29(30)32)38-22-17-26-16-15-25-9-7-23-43-41(25)42(26)44-38/h1-24H. The molecule has 2 aromatic heterocycles. The molecule has 0 fully saturated rings. The van der Waals surface area contributed by atoms with Crippen LogP contribution < -0.4 is 0 Å². The van der Waals surface area contributed by atoms with Gasteiger partial charge in [-0.3, -0.25) is 4.98 Å².